The molecule has 0 amide bonds. The highest BCUT2D eigenvalue weighted by atomic mass is 35.5. The molecule has 0 saturated heterocycles. The fraction of sp³-hybridized carbons (Fsp3) is 0.286. The van der Waals surface area contributed by atoms with Crippen molar-refractivity contribution in [3.63, 3.8) is 0 Å². The largest absolute Gasteiger partial charge is 0.423 e. The number of rotatable bonds is 1. The molecule has 1 N–H and O–H groups in total. The average molecular weight is 248 g/mol. The van der Waals surface area contributed by atoms with Crippen molar-refractivity contribution in [3.8, 4) is 0 Å². The van der Waals surface area contributed by atoms with Gasteiger partial charge in [0, 0.05) is 6.20 Å². The van der Waals surface area contributed by atoms with Crippen molar-refractivity contribution in [3.05, 3.63) is 32.7 Å². The third-order valence-corrected chi connectivity index (χ3v) is 1.88. The Morgan fingerprint density at radius 1 is 1.33 bits per heavy atom. The first-order valence-corrected chi connectivity index (χ1v) is 3.89. The molecule has 0 aliphatic rings. The number of aromatic amines is 1. The van der Waals surface area contributed by atoms with Crippen LogP contribution >= 0.6 is 11.6 Å². The Balaban J connectivity index is 3.52. The van der Waals surface area contributed by atoms with Gasteiger partial charge < -0.3 is 4.98 Å². The van der Waals surface area contributed by atoms with Crippen LogP contribution in [0, 0.1) is 0 Å². The molecule has 0 atom stereocenters. The maximum absolute atomic E-state index is 12.2. The van der Waals surface area contributed by atoms with Crippen LogP contribution in [-0.4, -0.2) is 4.98 Å². The molecule has 0 bridgehead atoms. The van der Waals surface area contributed by atoms with Crippen LogP contribution in [0.3, 0.4) is 0 Å². The van der Waals surface area contributed by atoms with Gasteiger partial charge in [0.25, 0.3) is 6.43 Å². The van der Waals surface area contributed by atoms with E-state index >= 15 is 0 Å². The van der Waals surface area contributed by atoms with E-state index in [-0.39, 0.29) is 0 Å². The second-order valence-corrected chi connectivity index (χ2v) is 2.94. The molecule has 0 fully saturated rings. The Morgan fingerprint density at radius 3 is 2.27 bits per heavy atom. The van der Waals surface area contributed by atoms with E-state index in [4.69, 9.17) is 11.6 Å². The summed E-state index contributed by atoms with van der Waals surface area (Å²) in [5.41, 5.74) is -4.87. The topological polar surface area (TPSA) is 32.9 Å². The quantitative estimate of drug-likeness (QED) is 0.601. The van der Waals surface area contributed by atoms with Gasteiger partial charge in [-0.3, -0.25) is 4.79 Å². The molecule has 15 heavy (non-hydrogen) atoms. The minimum atomic E-state index is -5.06. The predicted molar refractivity (Wildman–Crippen MR) is 42.0 cm³/mol. The molecule has 0 aliphatic carbocycles. The van der Waals surface area contributed by atoms with Crippen LogP contribution in [0.25, 0.3) is 0 Å². The number of nitrogens with one attached hydrogen (secondary N) is 1. The SMILES string of the molecule is O=c1c(C(F)F)c[nH]c(Cl)c1C(F)(F)F. The Bertz CT molecular complexity index is 424. The molecule has 8 heteroatoms. The highest BCUT2D eigenvalue weighted by Crippen LogP contribution is 2.32. The molecule has 0 spiro atoms. The van der Waals surface area contributed by atoms with Crippen molar-refractivity contribution in [2.45, 2.75) is 12.6 Å². The number of H-pyrrole nitrogens is 1. The van der Waals surface area contributed by atoms with Crippen molar-refractivity contribution in [1.82, 2.24) is 4.98 Å². The van der Waals surface area contributed by atoms with E-state index in [1.54, 1.807) is 4.98 Å². The van der Waals surface area contributed by atoms with E-state index < -0.39 is 34.3 Å². The maximum Gasteiger partial charge on any atom is 0.423 e. The number of hydrogen-bond acceptors (Lipinski definition) is 1. The lowest BCUT2D eigenvalue weighted by Gasteiger charge is -2.09. The summed E-state index contributed by atoms with van der Waals surface area (Å²) in [6.07, 6.45) is -7.88. The standard InChI is InChI=1S/C7H3ClF5NO/c8-5-3(7(11,12)13)4(15)2(1-14-5)6(9)10/h1,6H,(H,14,15). The van der Waals surface area contributed by atoms with E-state index in [1.165, 1.54) is 0 Å². The average Bonchev–Trinajstić information content (AvgIpc) is 2.00. The van der Waals surface area contributed by atoms with Crippen LogP contribution in [0.15, 0.2) is 11.0 Å². The zero-order chi connectivity index (χ0) is 11.8. The highest BCUT2D eigenvalue weighted by Gasteiger charge is 2.38. The summed E-state index contributed by atoms with van der Waals surface area (Å²) in [5.74, 6) is 0. The Labute approximate surface area is 84.7 Å². The van der Waals surface area contributed by atoms with Crippen molar-refractivity contribution < 1.29 is 22.0 Å². The summed E-state index contributed by atoms with van der Waals surface area (Å²) in [6.45, 7) is 0. The Hall–Kier alpha value is -1.11. The van der Waals surface area contributed by atoms with Crippen molar-refractivity contribution in [1.29, 1.82) is 0 Å². The van der Waals surface area contributed by atoms with Gasteiger partial charge in [0.1, 0.15) is 10.7 Å². The van der Waals surface area contributed by atoms with Crippen LogP contribution in [0.5, 0.6) is 0 Å². The second-order valence-electron chi connectivity index (χ2n) is 2.56. The van der Waals surface area contributed by atoms with E-state index in [2.05, 4.69) is 0 Å². The molecule has 1 aromatic heterocycles. The normalized spacial score (nSPS) is 12.2. The number of hydrogen-bond donors (Lipinski definition) is 1. The van der Waals surface area contributed by atoms with Crippen molar-refractivity contribution >= 4 is 11.6 Å². The number of aromatic nitrogens is 1. The summed E-state index contributed by atoms with van der Waals surface area (Å²) >= 11 is 5.07. The van der Waals surface area contributed by atoms with Crippen LogP contribution < -0.4 is 5.43 Å². The molecule has 0 unspecified atom stereocenters. The minimum Gasteiger partial charge on any atom is -0.351 e. The van der Waals surface area contributed by atoms with Crippen molar-refractivity contribution in [2.24, 2.45) is 0 Å². The van der Waals surface area contributed by atoms with Gasteiger partial charge in [-0.1, -0.05) is 11.6 Å². The monoisotopic (exact) mass is 247 g/mol. The fourth-order valence-electron chi connectivity index (χ4n) is 0.938. The first-order valence-electron chi connectivity index (χ1n) is 3.51. The molecule has 0 aliphatic heterocycles. The summed E-state index contributed by atoms with van der Waals surface area (Å²) in [7, 11) is 0. The third-order valence-electron chi connectivity index (χ3n) is 1.58. The van der Waals surface area contributed by atoms with Crippen molar-refractivity contribution in [2.75, 3.05) is 0 Å². The predicted octanol–water partition coefficient (Wildman–Crippen LogP) is 2.98. The summed E-state index contributed by atoms with van der Waals surface area (Å²) in [6, 6.07) is 0. The molecule has 2 nitrogen and oxygen atoms in total. The minimum absolute atomic E-state index is 0.463. The van der Waals surface area contributed by atoms with Gasteiger partial charge in [-0.2, -0.15) is 13.2 Å². The lowest BCUT2D eigenvalue weighted by atomic mass is 10.2. The van der Waals surface area contributed by atoms with Gasteiger partial charge in [0.05, 0.1) is 5.56 Å². The van der Waals surface area contributed by atoms with Gasteiger partial charge in [-0.25, -0.2) is 8.78 Å². The Morgan fingerprint density at radius 2 is 1.87 bits per heavy atom. The van der Waals surface area contributed by atoms with Crippen LogP contribution in [0.1, 0.15) is 17.6 Å². The van der Waals surface area contributed by atoms with Gasteiger partial charge in [0.15, 0.2) is 0 Å². The highest BCUT2D eigenvalue weighted by molar-refractivity contribution is 6.30. The van der Waals surface area contributed by atoms with Crippen LogP contribution in [0.2, 0.25) is 5.15 Å². The van der Waals surface area contributed by atoms with Crippen LogP contribution in [0.4, 0.5) is 22.0 Å². The fourth-order valence-corrected chi connectivity index (χ4v) is 1.19. The van der Waals surface area contributed by atoms with E-state index in [0.29, 0.717) is 6.20 Å². The first-order chi connectivity index (χ1) is 6.75. The lowest BCUT2D eigenvalue weighted by molar-refractivity contribution is -0.138. The van der Waals surface area contributed by atoms with E-state index in [1.807, 2.05) is 0 Å². The first kappa shape index (κ1) is 12.0. The number of halogens is 6. The summed E-state index contributed by atoms with van der Waals surface area (Å²) in [5, 5.41) is -1.00. The smallest absolute Gasteiger partial charge is 0.351 e. The van der Waals surface area contributed by atoms with Gasteiger partial charge in [0.2, 0.25) is 5.43 Å². The molecule has 1 heterocycles. The third kappa shape index (κ3) is 2.28. The molecule has 1 rings (SSSR count). The number of alkyl halides is 5. The van der Waals surface area contributed by atoms with Gasteiger partial charge >= 0.3 is 6.18 Å². The molecular weight excluding hydrogens is 245 g/mol. The molecule has 0 saturated carbocycles. The van der Waals surface area contributed by atoms with E-state index in [0.717, 1.165) is 0 Å². The van der Waals surface area contributed by atoms with Crippen LogP contribution in [-0.2, 0) is 6.18 Å². The Kier molecular flexibility index (Phi) is 3.03. The van der Waals surface area contributed by atoms with Gasteiger partial charge in [-0.15, -0.1) is 0 Å². The molecule has 1 aromatic rings. The summed E-state index contributed by atoms with van der Waals surface area (Å²) < 4.78 is 60.8. The molecule has 84 valence electrons. The summed E-state index contributed by atoms with van der Waals surface area (Å²) in [4.78, 5) is 12.7. The van der Waals surface area contributed by atoms with Gasteiger partial charge in [-0.05, 0) is 0 Å². The lowest BCUT2D eigenvalue weighted by Crippen LogP contribution is -2.23. The number of pyridine rings is 1. The maximum atomic E-state index is 12.2. The van der Waals surface area contributed by atoms with E-state index in [9.17, 15) is 26.7 Å². The zero-order valence-electron chi connectivity index (χ0n) is 6.83. The molecule has 0 radical (unpaired) electrons. The molecule has 0 aromatic carbocycles. The molecular formula is C7H3ClF5NO. The zero-order valence-corrected chi connectivity index (χ0v) is 7.59. The second kappa shape index (κ2) is 3.80.